The Hall–Kier alpha value is -2.60. The van der Waals surface area contributed by atoms with Crippen molar-refractivity contribution in [3.8, 4) is 11.6 Å². The van der Waals surface area contributed by atoms with E-state index in [2.05, 4.69) is 55.4 Å². The molecule has 128 valence electrons. The van der Waals surface area contributed by atoms with Gasteiger partial charge in [-0.15, -0.1) is 10.2 Å². The molecule has 1 aromatic carbocycles. The summed E-state index contributed by atoms with van der Waals surface area (Å²) in [7, 11) is 0. The van der Waals surface area contributed by atoms with Crippen LogP contribution in [0.5, 0.6) is 0 Å². The van der Waals surface area contributed by atoms with Crippen LogP contribution in [-0.4, -0.2) is 44.7 Å². The molecule has 1 fully saturated rings. The van der Waals surface area contributed by atoms with Gasteiger partial charge in [0.1, 0.15) is 5.69 Å². The van der Waals surface area contributed by atoms with E-state index in [1.54, 1.807) is 18.6 Å². The first-order valence-electron chi connectivity index (χ1n) is 8.74. The summed E-state index contributed by atoms with van der Waals surface area (Å²) in [6, 6.07) is 10.7. The molecule has 3 heterocycles. The molecule has 0 bridgehead atoms. The number of benzene rings is 1. The highest BCUT2D eigenvalue weighted by molar-refractivity contribution is 5.43. The van der Waals surface area contributed by atoms with Crippen LogP contribution in [0, 0.1) is 0 Å². The van der Waals surface area contributed by atoms with Crippen molar-refractivity contribution in [2.75, 3.05) is 19.6 Å². The fourth-order valence-electron chi connectivity index (χ4n) is 3.25. The van der Waals surface area contributed by atoms with Gasteiger partial charge in [0, 0.05) is 24.9 Å². The molecule has 0 saturated carbocycles. The van der Waals surface area contributed by atoms with Crippen LogP contribution in [0.2, 0.25) is 0 Å². The molecule has 0 unspecified atom stereocenters. The van der Waals surface area contributed by atoms with E-state index in [0.29, 0.717) is 17.5 Å². The lowest BCUT2D eigenvalue weighted by Gasteiger charge is -2.30. The molecule has 3 aromatic rings. The summed E-state index contributed by atoms with van der Waals surface area (Å²) in [6.07, 6.45) is 8.11. The van der Waals surface area contributed by atoms with Crippen LogP contribution < -0.4 is 0 Å². The summed E-state index contributed by atoms with van der Waals surface area (Å²) in [5, 5.41) is 8.36. The van der Waals surface area contributed by atoms with E-state index >= 15 is 0 Å². The van der Waals surface area contributed by atoms with E-state index in [-0.39, 0.29) is 0 Å². The van der Waals surface area contributed by atoms with Gasteiger partial charge in [0.25, 0.3) is 5.89 Å². The first kappa shape index (κ1) is 15.9. The standard InChI is InChI=1S/C19H21N5O/c1-2-4-15(5-3-1)6-11-24-12-7-16(8-13-24)18-22-23-19(25-18)17-14-20-9-10-21-17/h1-5,9-10,14,16H,6-8,11-13H2. The first-order valence-corrected chi connectivity index (χ1v) is 8.74. The van der Waals surface area contributed by atoms with Gasteiger partial charge in [-0.3, -0.25) is 4.98 Å². The lowest BCUT2D eigenvalue weighted by atomic mass is 9.96. The quantitative estimate of drug-likeness (QED) is 0.714. The highest BCUT2D eigenvalue weighted by Crippen LogP contribution is 2.28. The van der Waals surface area contributed by atoms with Crippen molar-refractivity contribution in [2.24, 2.45) is 0 Å². The van der Waals surface area contributed by atoms with Crippen molar-refractivity contribution in [2.45, 2.75) is 25.2 Å². The SMILES string of the molecule is c1ccc(CCN2CCC(c3nnc(-c4cnccn4)o3)CC2)cc1. The van der Waals surface area contributed by atoms with Gasteiger partial charge in [-0.1, -0.05) is 30.3 Å². The van der Waals surface area contributed by atoms with Gasteiger partial charge in [0.05, 0.1) is 6.20 Å². The van der Waals surface area contributed by atoms with E-state index in [1.807, 2.05) is 0 Å². The third-order valence-corrected chi connectivity index (χ3v) is 4.72. The van der Waals surface area contributed by atoms with Crippen molar-refractivity contribution >= 4 is 0 Å². The molecular weight excluding hydrogens is 314 g/mol. The first-order chi connectivity index (χ1) is 12.4. The number of piperidine rings is 1. The second-order valence-corrected chi connectivity index (χ2v) is 6.39. The molecule has 0 amide bonds. The number of hydrogen-bond donors (Lipinski definition) is 0. The second kappa shape index (κ2) is 7.53. The van der Waals surface area contributed by atoms with Crippen LogP contribution in [0.1, 0.15) is 30.2 Å². The Bertz CT molecular complexity index is 782. The smallest absolute Gasteiger partial charge is 0.267 e. The van der Waals surface area contributed by atoms with Crippen molar-refractivity contribution in [3.63, 3.8) is 0 Å². The van der Waals surface area contributed by atoms with Crippen LogP contribution in [0.3, 0.4) is 0 Å². The van der Waals surface area contributed by atoms with Gasteiger partial charge >= 0.3 is 0 Å². The molecule has 6 heteroatoms. The molecule has 0 N–H and O–H groups in total. The van der Waals surface area contributed by atoms with Gasteiger partial charge in [-0.05, 0) is 37.9 Å². The van der Waals surface area contributed by atoms with Gasteiger partial charge in [-0.2, -0.15) is 0 Å². The molecule has 2 aromatic heterocycles. The number of nitrogens with zero attached hydrogens (tertiary/aromatic N) is 5. The Balaban J connectivity index is 1.31. The summed E-state index contributed by atoms with van der Waals surface area (Å²) < 4.78 is 5.83. The molecule has 1 aliphatic heterocycles. The lowest BCUT2D eigenvalue weighted by Crippen LogP contribution is -2.34. The maximum Gasteiger partial charge on any atom is 0.267 e. The minimum Gasteiger partial charge on any atom is -0.419 e. The van der Waals surface area contributed by atoms with Crippen LogP contribution in [-0.2, 0) is 6.42 Å². The van der Waals surface area contributed by atoms with Gasteiger partial charge in [-0.25, -0.2) is 4.98 Å². The van der Waals surface area contributed by atoms with Crippen LogP contribution in [0.25, 0.3) is 11.6 Å². The maximum absolute atomic E-state index is 5.83. The molecule has 1 saturated heterocycles. The average molecular weight is 335 g/mol. The third-order valence-electron chi connectivity index (χ3n) is 4.72. The molecule has 0 spiro atoms. The van der Waals surface area contributed by atoms with Crippen LogP contribution in [0.4, 0.5) is 0 Å². The largest absolute Gasteiger partial charge is 0.419 e. The number of rotatable bonds is 5. The Labute approximate surface area is 146 Å². The number of likely N-dealkylation sites (tertiary alicyclic amines) is 1. The van der Waals surface area contributed by atoms with Crippen molar-refractivity contribution < 1.29 is 4.42 Å². The van der Waals surface area contributed by atoms with Gasteiger partial charge in [0.15, 0.2) is 0 Å². The summed E-state index contributed by atoms with van der Waals surface area (Å²) in [4.78, 5) is 10.8. The Kier molecular flexibility index (Phi) is 4.79. The Morgan fingerprint density at radius 2 is 1.88 bits per heavy atom. The summed E-state index contributed by atoms with van der Waals surface area (Å²) in [5.74, 6) is 1.52. The van der Waals surface area contributed by atoms with E-state index in [4.69, 9.17) is 4.42 Å². The van der Waals surface area contributed by atoms with Gasteiger partial charge in [0.2, 0.25) is 5.89 Å². The van der Waals surface area contributed by atoms with Crippen molar-refractivity contribution in [1.82, 2.24) is 25.1 Å². The fourth-order valence-corrected chi connectivity index (χ4v) is 3.25. The summed E-state index contributed by atoms with van der Waals surface area (Å²) in [6.45, 7) is 3.24. The lowest BCUT2D eigenvalue weighted by molar-refractivity contribution is 0.202. The molecule has 1 aliphatic rings. The monoisotopic (exact) mass is 335 g/mol. The molecule has 6 nitrogen and oxygen atoms in total. The second-order valence-electron chi connectivity index (χ2n) is 6.39. The molecular formula is C19H21N5O. The Morgan fingerprint density at radius 3 is 2.64 bits per heavy atom. The zero-order valence-electron chi connectivity index (χ0n) is 14.1. The summed E-state index contributed by atoms with van der Waals surface area (Å²) in [5.41, 5.74) is 2.02. The van der Waals surface area contributed by atoms with Crippen molar-refractivity contribution in [1.29, 1.82) is 0 Å². The van der Waals surface area contributed by atoms with Crippen LogP contribution in [0.15, 0.2) is 53.3 Å². The molecule has 25 heavy (non-hydrogen) atoms. The summed E-state index contributed by atoms with van der Waals surface area (Å²) >= 11 is 0. The third kappa shape index (κ3) is 3.91. The fraction of sp³-hybridized carbons (Fsp3) is 0.368. The van der Waals surface area contributed by atoms with E-state index in [1.165, 1.54) is 5.56 Å². The predicted molar refractivity (Wildman–Crippen MR) is 93.9 cm³/mol. The minimum absolute atomic E-state index is 0.339. The normalized spacial score (nSPS) is 16.2. The topological polar surface area (TPSA) is 67.9 Å². The molecule has 0 atom stereocenters. The minimum atomic E-state index is 0.339. The predicted octanol–water partition coefficient (Wildman–Crippen LogP) is 2.95. The average Bonchev–Trinajstić information content (AvgIpc) is 3.19. The number of hydrogen-bond acceptors (Lipinski definition) is 6. The molecule has 0 aliphatic carbocycles. The Morgan fingerprint density at radius 1 is 1.04 bits per heavy atom. The highest BCUT2D eigenvalue weighted by Gasteiger charge is 2.25. The van der Waals surface area contributed by atoms with Gasteiger partial charge < -0.3 is 9.32 Å². The zero-order chi connectivity index (χ0) is 16.9. The van der Waals surface area contributed by atoms with Crippen molar-refractivity contribution in [3.05, 3.63) is 60.4 Å². The maximum atomic E-state index is 5.83. The molecule has 0 radical (unpaired) electrons. The van der Waals surface area contributed by atoms with E-state index in [0.717, 1.165) is 44.8 Å². The van der Waals surface area contributed by atoms with E-state index in [9.17, 15) is 0 Å². The highest BCUT2D eigenvalue weighted by atomic mass is 16.4. The number of aromatic nitrogens is 4. The molecule has 4 rings (SSSR count). The van der Waals surface area contributed by atoms with E-state index < -0.39 is 0 Å². The zero-order valence-corrected chi connectivity index (χ0v) is 14.1. The van der Waals surface area contributed by atoms with Crippen LogP contribution >= 0.6 is 0 Å².